The quantitative estimate of drug-likeness (QED) is 0.193. The first-order valence-corrected chi connectivity index (χ1v) is 16.7. The molecule has 232 valence electrons. The van der Waals surface area contributed by atoms with Gasteiger partial charge in [0.1, 0.15) is 6.10 Å². The molecule has 0 amide bonds. The predicted octanol–water partition coefficient (Wildman–Crippen LogP) is 6.20. The zero-order valence-corrected chi connectivity index (χ0v) is 26.8. The summed E-state index contributed by atoms with van der Waals surface area (Å²) >= 11 is 0. The summed E-state index contributed by atoms with van der Waals surface area (Å²) in [5.41, 5.74) is 1.75. The van der Waals surface area contributed by atoms with Gasteiger partial charge < -0.3 is 9.84 Å². The number of ketones is 1. The molecular weight excluding hydrogens is 544 g/mol. The zero-order valence-electron chi connectivity index (χ0n) is 26.0. The summed E-state index contributed by atoms with van der Waals surface area (Å²) in [6.45, 7) is 16.1. The largest absolute Gasteiger partial charge is 0.435 e. The summed E-state index contributed by atoms with van der Waals surface area (Å²) in [5.74, 6) is 1.18. The van der Waals surface area contributed by atoms with Gasteiger partial charge in [0.25, 0.3) is 0 Å². The Morgan fingerprint density at radius 2 is 1.78 bits per heavy atom. The molecule has 0 aromatic rings. The molecule has 8 atom stereocenters. The van der Waals surface area contributed by atoms with Gasteiger partial charge in [-0.1, -0.05) is 54.0 Å². The number of Topliss-reactive ketones (excluding diaryl/α,β-unsaturated/α-hetero) is 1. The van der Waals surface area contributed by atoms with Gasteiger partial charge in [0.15, 0.2) is 5.78 Å². The van der Waals surface area contributed by atoms with E-state index in [1.54, 1.807) is 6.26 Å². The lowest BCUT2D eigenvalue weighted by Gasteiger charge is -2.60. The van der Waals surface area contributed by atoms with Gasteiger partial charge in [0.05, 0.1) is 12.4 Å². The van der Waals surface area contributed by atoms with Crippen molar-refractivity contribution in [3.05, 3.63) is 23.0 Å². The van der Waals surface area contributed by atoms with Crippen molar-refractivity contribution in [1.82, 2.24) is 0 Å². The van der Waals surface area contributed by atoms with E-state index in [0.29, 0.717) is 24.2 Å². The molecule has 0 aromatic carbocycles. The molecule has 2 saturated carbocycles. The molecule has 2 unspecified atom stereocenters. The zero-order chi connectivity index (χ0) is 30.7. The highest BCUT2D eigenvalue weighted by molar-refractivity contribution is 7.80. The number of aliphatic hydroxyl groups is 1. The summed E-state index contributed by atoms with van der Waals surface area (Å²) in [4.78, 5) is 25.5. The Bertz CT molecular complexity index is 1230. The van der Waals surface area contributed by atoms with Gasteiger partial charge in [-0.05, 0) is 90.9 Å². The van der Waals surface area contributed by atoms with E-state index < -0.39 is 33.4 Å². The number of hydrogen-bond acceptors (Lipinski definition) is 7. The van der Waals surface area contributed by atoms with Crippen molar-refractivity contribution < 1.29 is 36.6 Å². The fourth-order valence-corrected chi connectivity index (χ4v) is 10.5. The molecule has 0 spiro atoms. The number of allylic oxidation sites excluding steroid dienone is 3. The Morgan fingerprint density at radius 3 is 2.37 bits per heavy atom. The standard InChI is InChI=1S/C32H50O8S/c1-18(2)21(17-39-20(4)33)10-9-19(3)23-12-13-24-22-11-14-27-30(5,6)29(40-41(36,37)38)26(35)16-32(27,8)28(22)25(34)15-31(23,24)7/h17-19,23-24,26-27,29,35H,9-16H2,1-8H3,(H,36,37,38)/t19-,23-,24+,26?,27?,29-,31-,32+/m1/s1. The molecule has 2 fully saturated rings. The van der Waals surface area contributed by atoms with Crippen LogP contribution >= 0.6 is 0 Å². The molecule has 4 aliphatic rings. The number of ether oxygens (including phenoxy) is 1. The van der Waals surface area contributed by atoms with Crippen LogP contribution < -0.4 is 0 Å². The number of esters is 1. The van der Waals surface area contributed by atoms with Crippen LogP contribution in [-0.4, -0.2) is 42.0 Å². The first-order valence-electron chi connectivity index (χ1n) is 15.3. The van der Waals surface area contributed by atoms with Gasteiger partial charge in [0, 0.05) is 24.3 Å². The second-order valence-corrected chi connectivity index (χ2v) is 15.8. The van der Waals surface area contributed by atoms with Gasteiger partial charge in [-0.2, -0.15) is 8.42 Å². The molecule has 0 saturated heterocycles. The molecule has 0 aliphatic heterocycles. The van der Waals surface area contributed by atoms with E-state index in [0.717, 1.165) is 49.7 Å². The predicted molar refractivity (Wildman–Crippen MR) is 156 cm³/mol. The summed E-state index contributed by atoms with van der Waals surface area (Å²) in [5, 5.41) is 11.1. The van der Waals surface area contributed by atoms with E-state index in [4.69, 9.17) is 8.92 Å². The van der Waals surface area contributed by atoms with Gasteiger partial charge in [-0.25, -0.2) is 4.18 Å². The molecule has 0 heterocycles. The van der Waals surface area contributed by atoms with Crippen molar-refractivity contribution in [2.45, 2.75) is 119 Å². The number of fused-ring (bicyclic) bond motifs is 4. The van der Waals surface area contributed by atoms with Crippen molar-refractivity contribution in [1.29, 1.82) is 0 Å². The first-order chi connectivity index (χ1) is 18.8. The third-order valence-electron chi connectivity index (χ3n) is 11.5. The van der Waals surface area contributed by atoms with Crippen LogP contribution in [0.15, 0.2) is 23.0 Å². The van der Waals surface area contributed by atoms with E-state index in [1.807, 2.05) is 13.8 Å². The number of carbonyl (C=O) groups is 2. The minimum absolute atomic E-state index is 0.0770. The fourth-order valence-electron chi connectivity index (χ4n) is 9.82. The topological polar surface area (TPSA) is 127 Å². The SMILES string of the molecule is CC(=O)OC=C(CC[C@@H](C)[C@H]1CC[C@H]2C3=C(C(=O)C[C@]12C)[C@@]1(C)CC(O)[C@@H](OS(=O)(=O)O)C(C)(C)C1CC3)C(C)C. The lowest BCUT2D eigenvalue weighted by atomic mass is 9.45. The second kappa shape index (κ2) is 11.2. The Morgan fingerprint density at radius 1 is 1.12 bits per heavy atom. The third-order valence-corrected chi connectivity index (χ3v) is 12.0. The lowest BCUT2D eigenvalue weighted by Crippen LogP contribution is -2.61. The van der Waals surface area contributed by atoms with E-state index in [-0.39, 0.29) is 35.4 Å². The van der Waals surface area contributed by atoms with Crippen LogP contribution in [0, 0.1) is 45.8 Å². The van der Waals surface area contributed by atoms with Gasteiger partial charge in [0.2, 0.25) is 0 Å². The molecule has 0 aromatic heterocycles. The van der Waals surface area contributed by atoms with E-state index in [1.165, 1.54) is 12.5 Å². The van der Waals surface area contributed by atoms with Gasteiger partial charge >= 0.3 is 16.4 Å². The Hall–Kier alpha value is -1.55. The van der Waals surface area contributed by atoms with Crippen LogP contribution in [0.2, 0.25) is 0 Å². The number of hydrogen-bond donors (Lipinski definition) is 2. The molecule has 2 N–H and O–H groups in total. The highest BCUT2D eigenvalue weighted by atomic mass is 32.3. The van der Waals surface area contributed by atoms with Crippen LogP contribution in [0.5, 0.6) is 0 Å². The second-order valence-electron chi connectivity index (χ2n) is 14.8. The molecule has 0 bridgehead atoms. The van der Waals surface area contributed by atoms with Crippen LogP contribution in [0.25, 0.3) is 0 Å². The smallest absolute Gasteiger partial charge is 0.397 e. The summed E-state index contributed by atoms with van der Waals surface area (Å²) in [6.07, 6.45) is 5.59. The van der Waals surface area contributed by atoms with Crippen molar-refractivity contribution >= 4 is 22.2 Å². The average molecular weight is 595 g/mol. The van der Waals surface area contributed by atoms with Gasteiger partial charge in [-0.3, -0.25) is 14.1 Å². The summed E-state index contributed by atoms with van der Waals surface area (Å²) in [6, 6.07) is 0. The maximum Gasteiger partial charge on any atom is 0.397 e. The Balaban J connectivity index is 1.60. The van der Waals surface area contributed by atoms with Crippen molar-refractivity contribution in [3.63, 3.8) is 0 Å². The average Bonchev–Trinajstić information content (AvgIpc) is 3.16. The minimum Gasteiger partial charge on any atom is -0.435 e. The third kappa shape index (κ3) is 5.85. The van der Waals surface area contributed by atoms with Crippen LogP contribution in [0.1, 0.15) is 107 Å². The minimum atomic E-state index is -4.74. The van der Waals surface area contributed by atoms with Crippen LogP contribution in [0.4, 0.5) is 0 Å². The molecular formula is C32H50O8S. The maximum atomic E-state index is 14.2. The summed E-state index contributed by atoms with van der Waals surface area (Å²) in [7, 11) is -4.74. The highest BCUT2D eigenvalue weighted by Gasteiger charge is 2.63. The molecule has 9 heteroatoms. The molecule has 4 rings (SSSR count). The summed E-state index contributed by atoms with van der Waals surface area (Å²) < 4.78 is 42.8. The van der Waals surface area contributed by atoms with E-state index >= 15 is 0 Å². The van der Waals surface area contributed by atoms with Gasteiger partial charge in [-0.15, -0.1) is 0 Å². The number of aliphatic hydroxyl groups excluding tert-OH is 1. The Kier molecular flexibility index (Phi) is 8.83. The van der Waals surface area contributed by atoms with Crippen molar-refractivity contribution in [2.24, 2.45) is 45.8 Å². The maximum absolute atomic E-state index is 14.2. The van der Waals surface area contributed by atoms with E-state index in [9.17, 15) is 27.7 Å². The fraction of sp³-hybridized carbons (Fsp3) is 0.812. The molecule has 8 nitrogen and oxygen atoms in total. The number of carbonyl (C=O) groups excluding carboxylic acids is 2. The monoisotopic (exact) mass is 594 g/mol. The van der Waals surface area contributed by atoms with E-state index in [2.05, 4.69) is 34.6 Å². The normalized spacial score (nSPS) is 37.9. The lowest BCUT2D eigenvalue weighted by molar-refractivity contribution is -0.151. The molecule has 41 heavy (non-hydrogen) atoms. The first kappa shape index (κ1) is 32.4. The Labute approximate surface area is 246 Å². The van der Waals surface area contributed by atoms with Crippen LogP contribution in [0.3, 0.4) is 0 Å². The highest BCUT2D eigenvalue weighted by Crippen LogP contribution is 2.67. The molecule has 4 aliphatic carbocycles. The van der Waals surface area contributed by atoms with Crippen LogP contribution in [-0.2, 0) is 28.9 Å². The van der Waals surface area contributed by atoms with Crippen molar-refractivity contribution in [2.75, 3.05) is 0 Å². The molecule has 0 radical (unpaired) electrons. The number of rotatable bonds is 8. The van der Waals surface area contributed by atoms with Crippen molar-refractivity contribution in [3.8, 4) is 0 Å².